The van der Waals surface area contributed by atoms with E-state index in [2.05, 4.69) is 4.90 Å². The molecule has 0 saturated carbocycles. The molecule has 1 heterocycles. The van der Waals surface area contributed by atoms with E-state index in [1.807, 2.05) is 24.3 Å². The van der Waals surface area contributed by atoms with Crippen LogP contribution in [0.5, 0.6) is 5.75 Å². The van der Waals surface area contributed by atoms with Crippen LogP contribution in [0.2, 0.25) is 5.02 Å². The lowest BCUT2D eigenvalue weighted by molar-refractivity contribution is 0.0308. The second-order valence-corrected chi connectivity index (χ2v) is 7.29. The van der Waals surface area contributed by atoms with Gasteiger partial charge in [-0.1, -0.05) is 35.9 Å². The van der Waals surface area contributed by atoms with Gasteiger partial charge in [0, 0.05) is 31.3 Å². The van der Waals surface area contributed by atoms with Crippen LogP contribution in [0.25, 0.3) is 0 Å². The van der Waals surface area contributed by atoms with Gasteiger partial charge in [0.15, 0.2) is 11.6 Å². The summed E-state index contributed by atoms with van der Waals surface area (Å²) in [5, 5.41) is 11.1. The van der Waals surface area contributed by atoms with Gasteiger partial charge in [-0.3, -0.25) is 4.90 Å². The summed E-state index contributed by atoms with van der Waals surface area (Å²) < 4.78 is 24.8. The third-order valence-electron chi connectivity index (χ3n) is 4.54. The van der Waals surface area contributed by atoms with Crippen molar-refractivity contribution in [2.45, 2.75) is 31.6 Å². The molecule has 2 aromatic carbocycles. The first-order valence-corrected chi connectivity index (χ1v) is 9.62. The molecular formula is C21H25ClFNO3. The predicted molar refractivity (Wildman–Crippen MR) is 104 cm³/mol. The summed E-state index contributed by atoms with van der Waals surface area (Å²) in [6.45, 7) is 2.64. The van der Waals surface area contributed by atoms with Crippen LogP contribution in [0.3, 0.4) is 0 Å². The SMILES string of the molecule is OC(COc1ccccc1F)CN(Cc1ccc(Cl)cc1)CC1CCCO1. The Morgan fingerprint density at radius 2 is 2.00 bits per heavy atom. The molecule has 3 rings (SSSR count). The molecule has 146 valence electrons. The number of nitrogens with zero attached hydrogens (tertiary/aromatic N) is 1. The van der Waals surface area contributed by atoms with Crippen molar-refractivity contribution in [2.24, 2.45) is 0 Å². The van der Waals surface area contributed by atoms with Gasteiger partial charge in [0.05, 0.1) is 6.10 Å². The predicted octanol–water partition coefficient (Wildman–Crippen LogP) is 3.90. The van der Waals surface area contributed by atoms with Gasteiger partial charge in [-0.25, -0.2) is 4.39 Å². The summed E-state index contributed by atoms with van der Waals surface area (Å²) >= 11 is 5.96. The zero-order chi connectivity index (χ0) is 19.1. The Morgan fingerprint density at radius 1 is 1.22 bits per heavy atom. The van der Waals surface area contributed by atoms with Crippen LogP contribution in [0.15, 0.2) is 48.5 Å². The highest BCUT2D eigenvalue weighted by Gasteiger charge is 2.21. The van der Waals surface area contributed by atoms with Crippen LogP contribution in [-0.2, 0) is 11.3 Å². The second kappa shape index (κ2) is 10.0. The fraction of sp³-hybridized carbons (Fsp3) is 0.429. The maximum absolute atomic E-state index is 13.6. The Hall–Kier alpha value is -1.66. The van der Waals surface area contributed by atoms with Crippen LogP contribution < -0.4 is 4.74 Å². The number of ether oxygens (including phenoxy) is 2. The maximum atomic E-state index is 13.6. The number of rotatable bonds is 9. The minimum absolute atomic E-state index is 0.0313. The molecule has 27 heavy (non-hydrogen) atoms. The van der Waals surface area contributed by atoms with Crippen molar-refractivity contribution >= 4 is 11.6 Å². The molecule has 2 unspecified atom stereocenters. The molecule has 2 aromatic rings. The van der Waals surface area contributed by atoms with E-state index in [9.17, 15) is 9.50 Å². The van der Waals surface area contributed by atoms with E-state index < -0.39 is 11.9 Å². The van der Waals surface area contributed by atoms with E-state index in [0.29, 0.717) is 18.1 Å². The van der Waals surface area contributed by atoms with Gasteiger partial charge >= 0.3 is 0 Å². The first-order chi connectivity index (χ1) is 13.1. The summed E-state index contributed by atoms with van der Waals surface area (Å²) in [5.41, 5.74) is 1.11. The Labute approximate surface area is 164 Å². The lowest BCUT2D eigenvalue weighted by Gasteiger charge is -2.27. The Balaban J connectivity index is 1.57. The molecule has 1 aliphatic rings. The largest absolute Gasteiger partial charge is 0.488 e. The molecule has 1 saturated heterocycles. The van der Waals surface area contributed by atoms with Gasteiger partial charge in [-0.2, -0.15) is 0 Å². The molecular weight excluding hydrogens is 369 g/mol. The molecule has 4 nitrogen and oxygen atoms in total. The molecule has 0 bridgehead atoms. The minimum atomic E-state index is -0.738. The molecule has 1 N–H and O–H groups in total. The number of para-hydroxylation sites is 1. The zero-order valence-corrected chi connectivity index (χ0v) is 15.9. The highest BCUT2D eigenvalue weighted by molar-refractivity contribution is 6.30. The summed E-state index contributed by atoms with van der Waals surface area (Å²) in [7, 11) is 0. The Bertz CT molecular complexity index is 707. The Morgan fingerprint density at radius 3 is 2.70 bits per heavy atom. The van der Waals surface area contributed by atoms with Crippen molar-refractivity contribution < 1.29 is 19.0 Å². The molecule has 1 fully saturated rings. The van der Waals surface area contributed by atoms with Gasteiger partial charge in [0.1, 0.15) is 12.7 Å². The average Bonchev–Trinajstić information content (AvgIpc) is 3.16. The summed E-state index contributed by atoms with van der Waals surface area (Å²) in [6, 6.07) is 13.9. The van der Waals surface area contributed by atoms with Crippen molar-refractivity contribution in [3.63, 3.8) is 0 Å². The fourth-order valence-electron chi connectivity index (χ4n) is 3.23. The Kier molecular flexibility index (Phi) is 7.47. The molecule has 0 aliphatic carbocycles. The smallest absolute Gasteiger partial charge is 0.165 e. The average molecular weight is 394 g/mol. The summed E-state index contributed by atoms with van der Waals surface area (Å²) in [5.74, 6) is -0.276. The monoisotopic (exact) mass is 393 g/mol. The minimum Gasteiger partial charge on any atom is -0.488 e. The number of benzene rings is 2. The summed E-state index contributed by atoms with van der Waals surface area (Å²) in [4.78, 5) is 2.15. The first kappa shape index (κ1) is 20.1. The summed E-state index contributed by atoms with van der Waals surface area (Å²) in [6.07, 6.45) is 1.53. The van der Waals surface area contributed by atoms with E-state index in [1.165, 1.54) is 6.07 Å². The number of aliphatic hydroxyl groups is 1. The van der Waals surface area contributed by atoms with Gasteiger partial charge in [0.2, 0.25) is 0 Å². The van der Waals surface area contributed by atoms with Crippen LogP contribution >= 0.6 is 11.6 Å². The normalized spacial score (nSPS) is 18.0. The number of halogens is 2. The topological polar surface area (TPSA) is 41.9 Å². The molecule has 6 heteroatoms. The molecule has 1 aliphatic heterocycles. The van der Waals surface area contributed by atoms with Gasteiger partial charge in [-0.05, 0) is 42.7 Å². The van der Waals surface area contributed by atoms with Crippen molar-refractivity contribution in [1.82, 2.24) is 4.90 Å². The molecule has 0 spiro atoms. The maximum Gasteiger partial charge on any atom is 0.165 e. The first-order valence-electron chi connectivity index (χ1n) is 9.24. The standard InChI is InChI=1S/C21H25ClFNO3/c22-17-9-7-16(8-10-17)12-24(14-19-4-3-11-26-19)13-18(25)15-27-21-6-2-1-5-20(21)23/h1-2,5-10,18-19,25H,3-4,11-15H2. The van der Waals surface area contributed by atoms with E-state index >= 15 is 0 Å². The molecule has 0 amide bonds. The fourth-order valence-corrected chi connectivity index (χ4v) is 3.35. The van der Waals surface area contributed by atoms with E-state index in [-0.39, 0.29) is 18.5 Å². The highest BCUT2D eigenvalue weighted by atomic mass is 35.5. The van der Waals surface area contributed by atoms with Crippen molar-refractivity contribution in [3.8, 4) is 5.75 Å². The van der Waals surface area contributed by atoms with Crippen LogP contribution in [0.1, 0.15) is 18.4 Å². The number of aliphatic hydroxyl groups excluding tert-OH is 1. The lowest BCUT2D eigenvalue weighted by atomic mass is 10.1. The second-order valence-electron chi connectivity index (χ2n) is 6.85. The van der Waals surface area contributed by atoms with Crippen LogP contribution in [0, 0.1) is 5.82 Å². The van der Waals surface area contributed by atoms with Gasteiger partial charge in [0.25, 0.3) is 0 Å². The third-order valence-corrected chi connectivity index (χ3v) is 4.79. The molecule has 0 radical (unpaired) electrons. The van der Waals surface area contributed by atoms with E-state index in [4.69, 9.17) is 21.1 Å². The van der Waals surface area contributed by atoms with Crippen molar-refractivity contribution in [1.29, 1.82) is 0 Å². The van der Waals surface area contributed by atoms with Crippen molar-refractivity contribution in [2.75, 3.05) is 26.3 Å². The third kappa shape index (κ3) is 6.47. The highest BCUT2D eigenvalue weighted by Crippen LogP contribution is 2.18. The molecule has 2 atom stereocenters. The molecule has 0 aromatic heterocycles. The number of hydrogen-bond acceptors (Lipinski definition) is 4. The van der Waals surface area contributed by atoms with Crippen molar-refractivity contribution in [3.05, 3.63) is 64.9 Å². The van der Waals surface area contributed by atoms with Crippen LogP contribution in [-0.4, -0.2) is 48.5 Å². The van der Waals surface area contributed by atoms with Gasteiger partial charge in [-0.15, -0.1) is 0 Å². The quantitative estimate of drug-likeness (QED) is 0.701. The van der Waals surface area contributed by atoms with Crippen LogP contribution in [0.4, 0.5) is 4.39 Å². The van der Waals surface area contributed by atoms with Gasteiger partial charge < -0.3 is 14.6 Å². The van der Waals surface area contributed by atoms with E-state index in [0.717, 1.165) is 31.6 Å². The number of hydrogen-bond donors (Lipinski definition) is 1. The van der Waals surface area contributed by atoms with E-state index in [1.54, 1.807) is 18.2 Å². The lowest BCUT2D eigenvalue weighted by Crippen LogP contribution is -2.39. The zero-order valence-electron chi connectivity index (χ0n) is 15.2.